The molecule has 1 aliphatic heterocycles. The third kappa shape index (κ3) is 3.14. The highest BCUT2D eigenvalue weighted by atomic mass is 16.5. The summed E-state index contributed by atoms with van der Waals surface area (Å²) in [5.74, 6) is 0. The van der Waals surface area contributed by atoms with Gasteiger partial charge in [-0.15, -0.1) is 0 Å². The minimum absolute atomic E-state index is 0.0604. The predicted molar refractivity (Wildman–Crippen MR) is 59.3 cm³/mol. The molecule has 1 atom stereocenters. The van der Waals surface area contributed by atoms with Gasteiger partial charge in [-0.2, -0.15) is 0 Å². The van der Waals surface area contributed by atoms with Gasteiger partial charge in [0.2, 0.25) is 0 Å². The van der Waals surface area contributed by atoms with Crippen LogP contribution in [0.4, 0.5) is 0 Å². The second-order valence-electron chi connectivity index (χ2n) is 3.58. The van der Waals surface area contributed by atoms with Gasteiger partial charge in [0.15, 0.2) is 0 Å². The Morgan fingerprint density at radius 1 is 1.57 bits per heavy atom. The minimum Gasteiger partial charge on any atom is -0.404 e. The van der Waals surface area contributed by atoms with Crippen LogP contribution in [0.25, 0.3) is 0 Å². The van der Waals surface area contributed by atoms with E-state index in [1.807, 2.05) is 6.92 Å². The predicted octanol–water partition coefficient (Wildman–Crippen LogP) is 2.23. The maximum atomic E-state index is 5.53. The van der Waals surface area contributed by atoms with Crippen LogP contribution in [0.2, 0.25) is 0 Å². The molecule has 1 heterocycles. The zero-order valence-corrected chi connectivity index (χ0v) is 9.12. The van der Waals surface area contributed by atoms with E-state index in [1.54, 1.807) is 6.20 Å². The summed E-state index contributed by atoms with van der Waals surface area (Å²) in [5.41, 5.74) is 7.63. The summed E-state index contributed by atoms with van der Waals surface area (Å²) in [6.07, 6.45) is 6.05. The summed E-state index contributed by atoms with van der Waals surface area (Å²) >= 11 is 0. The highest BCUT2D eigenvalue weighted by Crippen LogP contribution is 2.15. The third-order valence-corrected chi connectivity index (χ3v) is 2.54. The summed E-state index contributed by atoms with van der Waals surface area (Å²) in [5, 5.41) is 0. The molecule has 1 fully saturated rings. The zero-order chi connectivity index (χ0) is 10.4. The number of nitrogens with two attached hydrogens (primary N) is 1. The molecule has 0 bridgehead atoms. The van der Waals surface area contributed by atoms with Gasteiger partial charge >= 0.3 is 0 Å². The van der Waals surface area contributed by atoms with Crippen molar-refractivity contribution < 1.29 is 4.74 Å². The summed E-state index contributed by atoms with van der Waals surface area (Å²) < 4.78 is 5.53. The maximum Gasteiger partial charge on any atom is 0.148 e. The van der Waals surface area contributed by atoms with Crippen molar-refractivity contribution in [3.05, 3.63) is 11.8 Å². The molecule has 0 aromatic rings. The lowest BCUT2D eigenvalue weighted by molar-refractivity contribution is 0.0223. The molecule has 0 aromatic heterocycles. The Labute approximate surface area is 86.0 Å². The van der Waals surface area contributed by atoms with Crippen molar-refractivity contribution >= 4 is 5.71 Å². The van der Waals surface area contributed by atoms with E-state index in [2.05, 4.69) is 11.9 Å². The number of allylic oxidation sites excluding steroid dienone is 1. The average Bonchev–Trinajstić information content (AvgIpc) is 2.21. The SMILES string of the molecule is CCC(=C/N)/C(C)=N/C1CCCCO1. The Morgan fingerprint density at radius 3 is 2.86 bits per heavy atom. The van der Waals surface area contributed by atoms with Gasteiger partial charge < -0.3 is 10.5 Å². The summed E-state index contributed by atoms with van der Waals surface area (Å²) in [6.45, 7) is 4.93. The number of nitrogens with zero attached hydrogens (tertiary/aromatic N) is 1. The Balaban J connectivity index is 2.56. The normalized spacial score (nSPS) is 25.1. The average molecular weight is 196 g/mol. The Bertz CT molecular complexity index is 227. The molecule has 2 N–H and O–H groups in total. The molecule has 1 aliphatic rings. The van der Waals surface area contributed by atoms with Gasteiger partial charge in [0.1, 0.15) is 6.23 Å². The van der Waals surface area contributed by atoms with E-state index in [9.17, 15) is 0 Å². The van der Waals surface area contributed by atoms with E-state index < -0.39 is 0 Å². The molecule has 0 radical (unpaired) electrons. The number of aliphatic imine (C=N–C) groups is 1. The molecule has 1 unspecified atom stereocenters. The molecule has 0 aliphatic carbocycles. The quantitative estimate of drug-likeness (QED) is 0.704. The minimum atomic E-state index is 0.0604. The van der Waals surface area contributed by atoms with Crippen LogP contribution in [-0.2, 0) is 4.74 Å². The van der Waals surface area contributed by atoms with Crippen LogP contribution in [0, 0.1) is 0 Å². The van der Waals surface area contributed by atoms with Gasteiger partial charge in [0.25, 0.3) is 0 Å². The van der Waals surface area contributed by atoms with Crippen LogP contribution in [0.15, 0.2) is 16.8 Å². The lowest BCUT2D eigenvalue weighted by Gasteiger charge is -2.19. The molecule has 80 valence electrons. The van der Waals surface area contributed by atoms with Gasteiger partial charge in [0.05, 0.1) is 0 Å². The number of hydrogen-bond acceptors (Lipinski definition) is 3. The third-order valence-electron chi connectivity index (χ3n) is 2.54. The topological polar surface area (TPSA) is 47.6 Å². The highest BCUT2D eigenvalue weighted by molar-refractivity contribution is 5.98. The number of ether oxygens (including phenoxy) is 1. The standard InChI is InChI=1S/C11H20N2O/c1-3-10(8-12)9(2)13-11-6-4-5-7-14-11/h8,11H,3-7,12H2,1-2H3/b10-8-,13-9+. The molecular weight excluding hydrogens is 176 g/mol. The molecular formula is C11H20N2O. The van der Waals surface area contributed by atoms with Gasteiger partial charge in [-0.25, -0.2) is 0 Å². The van der Waals surface area contributed by atoms with Crippen molar-refractivity contribution in [3.63, 3.8) is 0 Å². The Morgan fingerprint density at radius 2 is 2.36 bits per heavy atom. The van der Waals surface area contributed by atoms with Crippen LogP contribution in [0.3, 0.4) is 0 Å². The second kappa shape index (κ2) is 5.81. The Kier molecular flexibility index (Phi) is 4.66. The van der Waals surface area contributed by atoms with Crippen molar-refractivity contribution in [1.29, 1.82) is 0 Å². The fourth-order valence-electron chi connectivity index (χ4n) is 1.62. The zero-order valence-electron chi connectivity index (χ0n) is 9.12. The van der Waals surface area contributed by atoms with Crippen molar-refractivity contribution in [2.75, 3.05) is 6.61 Å². The number of hydrogen-bond donors (Lipinski definition) is 1. The van der Waals surface area contributed by atoms with Crippen LogP contribution < -0.4 is 5.73 Å². The van der Waals surface area contributed by atoms with Crippen molar-refractivity contribution in [3.8, 4) is 0 Å². The maximum absolute atomic E-state index is 5.53. The molecule has 0 spiro atoms. The fraction of sp³-hybridized carbons (Fsp3) is 0.727. The molecule has 14 heavy (non-hydrogen) atoms. The number of rotatable bonds is 3. The van der Waals surface area contributed by atoms with Crippen molar-refractivity contribution in [2.24, 2.45) is 10.7 Å². The van der Waals surface area contributed by atoms with E-state index in [4.69, 9.17) is 10.5 Å². The van der Waals surface area contributed by atoms with Crippen LogP contribution >= 0.6 is 0 Å². The van der Waals surface area contributed by atoms with Gasteiger partial charge in [-0.1, -0.05) is 6.92 Å². The van der Waals surface area contributed by atoms with Crippen LogP contribution in [-0.4, -0.2) is 18.5 Å². The smallest absolute Gasteiger partial charge is 0.148 e. The second-order valence-corrected chi connectivity index (χ2v) is 3.58. The van der Waals surface area contributed by atoms with E-state index in [0.717, 1.165) is 30.7 Å². The van der Waals surface area contributed by atoms with Crippen molar-refractivity contribution in [1.82, 2.24) is 0 Å². The van der Waals surface area contributed by atoms with Crippen LogP contribution in [0.5, 0.6) is 0 Å². The first kappa shape index (κ1) is 11.2. The van der Waals surface area contributed by atoms with Gasteiger partial charge in [0, 0.05) is 12.3 Å². The summed E-state index contributed by atoms with van der Waals surface area (Å²) in [4.78, 5) is 4.52. The molecule has 1 rings (SSSR count). The molecule has 0 saturated carbocycles. The first-order chi connectivity index (χ1) is 6.77. The van der Waals surface area contributed by atoms with E-state index >= 15 is 0 Å². The van der Waals surface area contributed by atoms with Crippen LogP contribution in [0.1, 0.15) is 39.5 Å². The Hall–Kier alpha value is -0.830. The monoisotopic (exact) mass is 196 g/mol. The highest BCUT2D eigenvalue weighted by Gasteiger charge is 2.12. The molecule has 0 amide bonds. The molecule has 3 heteroatoms. The van der Waals surface area contributed by atoms with E-state index in [1.165, 1.54) is 12.8 Å². The first-order valence-corrected chi connectivity index (χ1v) is 5.35. The fourth-order valence-corrected chi connectivity index (χ4v) is 1.62. The summed E-state index contributed by atoms with van der Waals surface area (Å²) in [7, 11) is 0. The van der Waals surface area contributed by atoms with E-state index in [-0.39, 0.29) is 6.23 Å². The van der Waals surface area contributed by atoms with Gasteiger partial charge in [-0.05, 0) is 44.4 Å². The summed E-state index contributed by atoms with van der Waals surface area (Å²) in [6, 6.07) is 0. The lowest BCUT2D eigenvalue weighted by atomic mass is 10.1. The van der Waals surface area contributed by atoms with Crippen molar-refractivity contribution in [2.45, 2.75) is 45.8 Å². The van der Waals surface area contributed by atoms with Gasteiger partial charge in [-0.3, -0.25) is 4.99 Å². The molecule has 0 aromatic carbocycles. The van der Waals surface area contributed by atoms with E-state index in [0.29, 0.717) is 0 Å². The first-order valence-electron chi connectivity index (χ1n) is 5.35. The molecule has 1 saturated heterocycles. The molecule has 3 nitrogen and oxygen atoms in total. The largest absolute Gasteiger partial charge is 0.404 e. The lowest BCUT2D eigenvalue weighted by Crippen LogP contribution is -2.18.